The molecule has 2 heterocycles. The lowest BCUT2D eigenvalue weighted by molar-refractivity contribution is -0.116. The number of carbonyl (C=O) groups excluding carboxylic acids is 1. The van der Waals surface area contributed by atoms with Gasteiger partial charge in [0, 0.05) is 28.9 Å². The van der Waals surface area contributed by atoms with E-state index in [1.54, 1.807) is 35.0 Å². The minimum atomic E-state index is -0.0653. The summed E-state index contributed by atoms with van der Waals surface area (Å²) in [5.41, 5.74) is 4.85. The van der Waals surface area contributed by atoms with Crippen LogP contribution in [0.3, 0.4) is 0 Å². The Balaban J connectivity index is 1.32. The molecule has 0 unspecified atom stereocenters. The molecule has 7 nitrogen and oxygen atoms in total. The number of nitrogens with one attached hydrogen (secondary N) is 1. The molecule has 8 heteroatoms. The molecule has 0 aliphatic carbocycles. The number of ether oxygens (including phenoxy) is 1. The van der Waals surface area contributed by atoms with E-state index in [-0.39, 0.29) is 5.91 Å². The predicted octanol–water partition coefficient (Wildman–Crippen LogP) is 5.60. The Morgan fingerprint density at radius 3 is 2.45 bits per heavy atom. The van der Waals surface area contributed by atoms with Crippen molar-refractivity contribution in [2.24, 2.45) is 0 Å². The largest absolute Gasteiger partial charge is 0.438 e. The molecule has 4 rings (SSSR count). The second-order valence-electron chi connectivity index (χ2n) is 7.74. The first-order valence-electron chi connectivity index (χ1n) is 10.6. The number of hydrogen-bond acceptors (Lipinski definition) is 5. The third-order valence-electron chi connectivity index (χ3n) is 5.39. The van der Waals surface area contributed by atoms with Crippen LogP contribution in [0.4, 0.5) is 5.69 Å². The highest BCUT2D eigenvalue weighted by atomic mass is 35.5. The van der Waals surface area contributed by atoms with Gasteiger partial charge >= 0.3 is 0 Å². The highest BCUT2D eigenvalue weighted by Gasteiger charge is 2.11. The molecule has 0 saturated carbocycles. The molecule has 4 aromatic rings. The molecule has 0 spiro atoms. The average molecular weight is 462 g/mol. The van der Waals surface area contributed by atoms with Gasteiger partial charge in [0.25, 0.3) is 0 Å². The topological polar surface area (TPSA) is 81.9 Å². The fraction of sp³-hybridized carbons (Fsp3) is 0.200. The lowest BCUT2D eigenvalue weighted by Gasteiger charge is -2.08. The summed E-state index contributed by atoms with van der Waals surface area (Å²) in [5, 5.41) is 16.4. The number of aromatic nitrogens is 4. The van der Waals surface area contributed by atoms with Gasteiger partial charge in [-0.1, -0.05) is 23.7 Å². The number of nitrogens with zero attached hydrogens (tertiary/aromatic N) is 4. The van der Waals surface area contributed by atoms with Crippen molar-refractivity contribution < 1.29 is 9.53 Å². The lowest BCUT2D eigenvalue weighted by Crippen LogP contribution is -2.12. The molecule has 33 heavy (non-hydrogen) atoms. The van der Waals surface area contributed by atoms with E-state index in [4.69, 9.17) is 16.3 Å². The zero-order chi connectivity index (χ0) is 23.4. The van der Waals surface area contributed by atoms with Crippen molar-refractivity contribution in [2.45, 2.75) is 33.6 Å². The van der Waals surface area contributed by atoms with E-state index in [0.29, 0.717) is 41.0 Å². The van der Waals surface area contributed by atoms with Crippen LogP contribution < -0.4 is 10.1 Å². The molecular weight excluding hydrogens is 438 g/mol. The second-order valence-corrected chi connectivity index (χ2v) is 8.18. The minimum Gasteiger partial charge on any atom is -0.438 e. The highest BCUT2D eigenvalue weighted by Crippen LogP contribution is 2.22. The summed E-state index contributed by atoms with van der Waals surface area (Å²) in [7, 11) is 0. The Hall–Kier alpha value is -3.71. The van der Waals surface area contributed by atoms with E-state index >= 15 is 0 Å². The van der Waals surface area contributed by atoms with Crippen LogP contribution in [-0.4, -0.2) is 25.9 Å². The van der Waals surface area contributed by atoms with Gasteiger partial charge in [-0.15, -0.1) is 10.2 Å². The van der Waals surface area contributed by atoms with Crippen molar-refractivity contribution >= 4 is 23.2 Å². The molecule has 0 saturated heterocycles. The van der Waals surface area contributed by atoms with Gasteiger partial charge in [-0.2, -0.15) is 5.10 Å². The van der Waals surface area contributed by atoms with Crippen LogP contribution in [0, 0.1) is 20.8 Å². The Kier molecular flexibility index (Phi) is 6.70. The summed E-state index contributed by atoms with van der Waals surface area (Å²) in [6.07, 6.45) is 0.995. The summed E-state index contributed by atoms with van der Waals surface area (Å²) in [6, 6.07) is 18.2. The summed E-state index contributed by atoms with van der Waals surface area (Å²) < 4.78 is 7.55. The Labute approximate surface area is 197 Å². The van der Waals surface area contributed by atoms with Crippen molar-refractivity contribution in [1.29, 1.82) is 0 Å². The first-order chi connectivity index (χ1) is 15.9. The molecule has 0 atom stereocenters. The number of carbonyl (C=O) groups is 1. The maximum Gasteiger partial charge on any atom is 0.238 e. The fourth-order valence-corrected chi connectivity index (χ4v) is 3.54. The van der Waals surface area contributed by atoms with E-state index < -0.39 is 0 Å². The van der Waals surface area contributed by atoms with E-state index in [1.807, 2.05) is 51.1 Å². The molecule has 2 aromatic heterocycles. The van der Waals surface area contributed by atoms with Gasteiger partial charge in [-0.25, -0.2) is 4.68 Å². The van der Waals surface area contributed by atoms with Gasteiger partial charge in [0.05, 0.1) is 5.69 Å². The molecule has 1 N–H and O–H groups in total. The van der Waals surface area contributed by atoms with E-state index in [9.17, 15) is 4.79 Å². The standard InChI is InChI=1S/C25H24ClN5O2/c1-16-17(2)30-31(18(16)3)23-12-14-25(29-28-23)33-22-10-8-21(9-11-22)27-24(32)13-7-19-5-4-6-20(26)15-19/h4-6,8-12,14-15H,7,13H2,1-3H3,(H,27,32). The Morgan fingerprint density at radius 2 is 1.82 bits per heavy atom. The van der Waals surface area contributed by atoms with Crippen LogP contribution in [-0.2, 0) is 11.2 Å². The summed E-state index contributed by atoms with van der Waals surface area (Å²) in [6.45, 7) is 6.00. The first kappa shape index (κ1) is 22.5. The second kappa shape index (κ2) is 9.83. The van der Waals surface area contributed by atoms with Crippen LogP contribution in [0.25, 0.3) is 5.82 Å². The SMILES string of the molecule is Cc1nn(-c2ccc(Oc3ccc(NC(=O)CCc4cccc(Cl)c4)cc3)nn2)c(C)c1C. The normalized spacial score (nSPS) is 10.8. The summed E-state index contributed by atoms with van der Waals surface area (Å²) in [5.74, 6) is 1.53. The third kappa shape index (κ3) is 5.56. The van der Waals surface area contributed by atoms with Crippen LogP contribution >= 0.6 is 11.6 Å². The molecule has 0 fully saturated rings. The summed E-state index contributed by atoms with van der Waals surface area (Å²) >= 11 is 5.99. The van der Waals surface area contributed by atoms with Crippen molar-refractivity contribution in [3.05, 3.63) is 88.2 Å². The van der Waals surface area contributed by atoms with E-state index in [0.717, 1.165) is 22.5 Å². The Bertz CT molecular complexity index is 1270. The van der Waals surface area contributed by atoms with Crippen molar-refractivity contribution in [3.8, 4) is 17.4 Å². The highest BCUT2D eigenvalue weighted by molar-refractivity contribution is 6.30. The molecule has 1 amide bonds. The summed E-state index contributed by atoms with van der Waals surface area (Å²) in [4.78, 5) is 12.2. The molecule has 2 aromatic carbocycles. The van der Waals surface area contributed by atoms with Gasteiger partial charge in [-0.3, -0.25) is 4.79 Å². The molecule has 168 valence electrons. The third-order valence-corrected chi connectivity index (χ3v) is 5.62. The van der Waals surface area contributed by atoms with Gasteiger partial charge in [-0.05, 0) is 80.8 Å². The number of halogens is 1. The first-order valence-corrected chi connectivity index (χ1v) is 11.0. The monoisotopic (exact) mass is 461 g/mol. The number of anilines is 1. The quantitative estimate of drug-likeness (QED) is 0.387. The lowest BCUT2D eigenvalue weighted by atomic mass is 10.1. The molecule has 0 aliphatic rings. The van der Waals surface area contributed by atoms with E-state index in [2.05, 4.69) is 20.6 Å². The van der Waals surface area contributed by atoms with Crippen LogP contribution in [0.1, 0.15) is 28.9 Å². The van der Waals surface area contributed by atoms with Gasteiger partial charge in [0.1, 0.15) is 5.75 Å². The molecule has 0 aliphatic heterocycles. The minimum absolute atomic E-state index is 0.0653. The van der Waals surface area contributed by atoms with Gasteiger partial charge < -0.3 is 10.1 Å². The van der Waals surface area contributed by atoms with Crippen molar-refractivity contribution in [2.75, 3.05) is 5.32 Å². The molecule has 0 radical (unpaired) electrons. The smallest absolute Gasteiger partial charge is 0.238 e. The number of hydrogen-bond donors (Lipinski definition) is 1. The predicted molar refractivity (Wildman–Crippen MR) is 128 cm³/mol. The Morgan fingerprint density at radius 1 is 1.03 bits per heavy atom. The average Bonchev–Trinajstić information content (AvgIpc) is 3.07. The number of amides is 1. The maximum atomic E-state index is 12.2. The number of aryl methyl sites for hydroxylation is 2. The maximum absolute atomic E-state index is 12.2. The van der Waals surface area contributed by atoms with Gasteiger partial charge in [0.2, 0.25) is 11.8 Å². The van der Waals surface area contributed by atoms with Crippen LogP contribution in [0.15, 0.2) is 60.7 Å². The number of rotatable bonds is 7. The molecule has 0 bridgehead atoms. The van der Waals surface area contributed by atoms with Gasteiger partial charge in [0.15, 0.2) is 5.82 Å². The zero-order valence-electron chi connectivity index (χ0n) is 18.7. The molecular formula is C25H24ClN5O2. The number of benzene rings is 2. The van der Waals surface area contributed by atoms with Crippen molar-refractivity contribution in [3.63, 3.8) is 0 Å². The van der Waals surface area contributed by atoms with Crippen molar-refractivity contribution in [1.82, 2.24) is 20.0 Å². The zero-order valence-corrected chi connectivity index (χ0v) is 19.4. The van der Waals surface area contributed by atoms with Crippen LogP contribution in [0.2, 0.25) is 5.02 Å². The fourth-order valence-electron chi connectivity index (χ4n) is 3.32. The van der Waals surface area contributed by atoms with E-state index in [1.165, 1.54) is 0 Å². The van der Waals surface area contributed by atoms with Crippen LogP contribution in [0.5, 0.6) is 11.6 Å².